The molecule has 0 aliphatic carbocycles. The third-order valence-electron chi connectivity index (χ3n) is 3.71. The quantitative estimate of drug-likeness (QED) is 0.836. The lowest BCUT2D eigenvalue weighted by Gasteiger charge is -2.33. The molecule has 2 aromatic rings. The monoisotopic (exact) mass is 339 g/mol. The Kier molecular flexibility index (Phi) is 4.22. The van der Waals surface area contributed by atoms with Gasteiger partial charge in [0.1, 0.15) is 5.52 Å². The standard InChI is InChI=1S/C14H17N3O5S/c1-2-21-14(18)16-5-7-17(8-6-16)23(19,20)11-3-4-12-13(9-11)22-10-15-12/h3-4,9-10H,2,5-8H2,1H3. The molecule has 1 amide bonds. The maximum Gasteiger partial charge on any atom is 0.409 e. The Hall–Kier alpha value is -2.13. The van der Waals surface area contributed by atoms with Crippen LogP contribution in [0.5, 0.6) is 0 Å². The van der Waals surface area contributed by atoms with Crippen LogP contribution in [0.1, 0.15) is 6.92 Å². The molecule has 2 heterocycles. The van der Waals surface area contributed by atoms with Gasteiger partial charge in [0.15, 0.2) is 12.0 Å². The molecule has 1 aliphatic heterocycles. The number of rotatable bonds is 3. The summed E-state index contributed by atoms with van der Waals surface area (Å²) in [5.74, 6) is 0. The summed E-state index contributed by atoms with van der Waals surface area (Å²) in [7, 11) is -3.63. The highest BCUT2D eigenvalue weighted by Gasteiger charge is 2.30. The summed E-state index contributed by atoms with van der Waals surface area (Å²) < 4.78 is 36.8. The highest BCUT2D eigenvalue weighted by Crippen LogP contribution is 2.22. The van der Waals surface area contributed by atoms with Crippen LogP contribution in [-0.4, -0.2) is 61.5 Å². The van der Waals surface area contributed by atoms with Crippen molar-refractivity contribution in [3.63, 3.8) is 0 Å². The zero-order valence-electron chi connectivity index (χ0n) is 12.6. The molecule has 8 nitrogen and oxygen atoms in total. The molecule has 1 fully saturated rings. The van der Waals surface area contributed by atoms with Crippen molar-refractivity contribution in [1.29, 1.82) is 0 Å². The van der Waals surface area contributed by atoms with Crippen LogP contribution in [0.25, 0.3) is 11.1 Å². The number of ether oxygens (including phenoxy) is 1. The molecule has 1 aromatic heterocycles. The molecule has 3 rings (SSSR count). The molecule has 1 aliphatic rings. The van der Waals surface area contributed by atoms with Gasteiger partial charge in [-0.15, -0.1) is 0 Å². The maximum absolute atomic E-state index is 12.7. The van der Waals surface area contributed by atoms with Crippen molar-refractivity contribution in [1.82, 2.24) is 14.2 Å². The van der Waals surface area contributed by atoms with Crippen LogP contribution in [0.4, 0.5) is 4.79 Å². The Morgan fingerprint density at radius 3 is 2.74 bits per heavy atom. The van der Waals surface area contributed by atoms with Gasteiger partial charge in [-0.25, -0.2) is 18.2 Å². The number of piperazine rings is 1. The first-order chi connectivity index (χ1) is 11.0. The summed E-state index contributed by atoms with van der Waals surface area (Å²) in [5.41, 5.74) is 1.03. The van der Waals surface area contributed by atoms with Crippen molar-refractivity contribution in [2.75, 3.05) is 32.8 Å². The van der Waals surface area contributed by atoms with E-state index in [0.29, 0.717) is 30.8 Å². The lowest BCUT2D eigenvalue weighted by Crippen LogP contribution is -2.50. The van der Waals surface area contributed by atoms with Gasteiger partial charge >= 0.3 is 6.09 Å². The summed E-state index contributed by atoms with van der Waals surface area (Å²) in [5, 5.41) is 0. The Morgan fingerprint density at radius 1 is 1.30 bits per heavy atom. The van der Waals surface area contributed by atoms with Gasteiger partial charge in [-0.2, -0.15) is 4.31 Å². The van der Waals surface area contributed by atoms with Crippen LogP contribution in [0, 0.1) is 0 Å². The topological polar surface area (TPSA) is 93.0 Å². The second-order valence-corrected chi connectivity index (χ2v) is 7.01. The van der Waals surface area contributed by atoms with Gasteiger partial charge in [0.05, 0.1) is 11.5 Å². The fourth-order valence-electron chi connectivity index (χ4n) is 2.47. The van der Waals surface area contributed by atoms with Crippen molar-refractivity contribution in [2.45, 2.75) is 11.8 Å². The molecule has 0 radical (unpaired) electrons. The van der Waals surface area contributed by atoms with Gasteiger partial charge in [-0.1, -0.05) is 0 Å². The minimum atomic E-state index is -3.63. The first-order valence-corrected chi connectivity index (χ1v) is 8.71. The van der Waals surface area contributed by atoms with E-state index < -0.39 is 16.1 Å². The highest BCUT2D eigenvalue weighted by atomic mass is 32.2. The van der Waals surface area contributed by atoms with Crippen LogP contribution in [0.3, 0.4) is 0 Å². The molecular formula is C14H17N3O5S. The lowest BCUT2D eigenvalue weighted by atomic mass is 10.3. The van der Waals surface area contributed by atoms with E-state index in [0.717, 1.165) is 0 Å². The molecule has 0 atom stereocenters. The minimum Gasteiger partial charge on any atom is -0.450 e. The highest BCUT2D eigenvalue weighted by molar-refractivity contribution is 7.89. The van der Waals surface area contributed by atoms with E-state index in [1.165, 1.54) is 27.7 Å². The molecule has 0 saturated carbocycles. The van der Waals surface area contributed by atoms with E-state index in [9.17, 15) is 13.2 Å². The van der Waals surface area contributed by atoms with Crippen LogP contribution in [0.15, 0.2) is 33.9 Å². The van der Waals surface area contributed by atoms with Gasteiger partial charge in [0.2, 0.25) is 10.0 Å². The molecule has 1 saturated heterocycles. The van der Waals surface area contributed by atoms with E-state index in [1.807, 2.05) is 0 Å². The number of sulfonamides is 1. The number of carbonyl (C=O) groups excluding carboxylic acids is 1. The Balaban J connectivity index is 1.75. The second-order valence-electron chi connectivity index (χ2n) is 5.07. The predicted octanol–water partition coefficient (Wildman–Crippen LogP) is 1.29. The first-order valence-electron chi connectivity index (χ1n) is 7.27. The number of benzene rings is 1. The third-order valence-corrected chi connectivity index (χ3v) is 5.60. The Bertz CT molecular complexity index is 809. The zero-order valence-corrected chi connectivity index (χ0v) is 13.5. The number of fused-ring (bicyclic) bond motifs is 1. The van der Waals surface area contributed by atoms with Crippen molar-refractivity contribution in [3.8, 4) is 0 Å². The molecule has 0 spiro atoms. The molecular weight excluding hydrogens is 322 g/mol. The first kappa shape index (κ1) is 15.8. The summed E-state index contributed by atoms with van der Waals surface area (Å²) in [6.45, 7) is 3.11. The van der Waals surface area contributed by atoms with E-state index in [2.05, 4.69) is 4.98 Å². The minimum absolute atomic E-state index is 0.159. The third kappa shape index (κ3) is 3.02. The largest absolute Gasteiger partial charge is 0.450 e. The number of aromatic nitrogens is 1. The Morgan fingerprint density at radius 2 is 2.04 bits per heavy atom. The summed E-state index contributed by atoms with van der Waals surface area (Å²) in [6, 6.07) is 4.59. The molecule has 9 heteroatoms. The maximum atomic E-state index is 12.7. The smallest absolute Gasteiger partial charge is 0.409 e. The van der Waals surface area contributed by atoms with E-state index >= 15 is 0 Å². The SMILES string of the molecule is CCOC(=O)N1CCN(S(=O)(=O)c2ccc3ncoc3c2)CC1. The summed E-state index contributed by atoms with van der Waals surface area (Å²) in [6.07, 6.45) is 0.867. The average molecular weight is 339 g/mol. The fraction of sp³-hybridized carbons (Fsp3) is 0.429. The van der Waals surface area contributed by atoms with Crippen molar-refractivity contribution < 1.29 is 22.4 Å². The van der Waals surface area contributed by atoms with E-state index in [4.69, 9.17) is 9.15 Å². The van der Waals surface area contributed by atoms with Gasteiger partial charge in [0.25, 0.3) is 0 Å². The van der Waals surface area contributed by atoms with Gasteiger partial charge in [-0.05, 0) is 19.1 Å². The van der Waals surface area contributed by atoms with Crippen LogP contribution >= 0.6 is 0 Å². The molecule has 23 heavy (non-hydrogen) atoms. The number of carbonyl (C=O) groups is 1. The van der Waals surface area contributed by atoms with Gasteiger partial charge in [0, 0.05) is 32.2 Å². The number of hydrogen-bond acceptors (Lipinski definition) is 6. The average Bonchev–Trinajstić information content (AvgIpc) is 3.03. The molecule has 1 aromatic carbocycles. The molecule has 0 N–H and O–H groups in total. The normalized spacial score (nSPS) is 16.7. The summed E-state index contributed by atoms with van der Waals surface area (Å²) in [4.78, 5) is 17.3. The van der Waals surface area contributed by atoms with Crippen LogP contribution in [-0.2, 0) is 14.8 Å². The molecule has 0 bridgehead atoms. The molecule has 0 unspecified atom stereocenters. The molecule has 124 valence electrons. The Labute approximate surface area is 133 Å². The van der Waals surface area contributed by atoms with Gasteiger partial charge in [-0.3, -0.25) is 0 Å². The fourth-order valence-corrected chi connectivity index (χ4v) is 3.91. The number of oxazole rings is 1. The zero-order chi connectivity index (χ0) is 16.4. The second kappa shape index (κ2) is 6.17. The van der Waals surface area contributed by atoms with E-state index in [1.54, 1.807) is 13.0 Å². The predicted molar refractivity (Wildman–Crippen MR) is 81.4 cm³/mol. The number of hydrogen-bond donors (Lipinski definition) is 0. The van der Waals surface area contributed by atoms with Crippen LogP contribution < -0.4 is 0 Å². The number of amides is 1. The van der Waals surface area contributed by atoms with Gasteiger partial charge < -0.3 is 14.1 Å². The van der Waals surface area contributed by atoms with Crippen molar-refractivity contribution in [3.05, 3.63) is 24.6 Å². The van der Waals surface area contributed by atoms with Crippen molar-refractivity contribution >= 4 is 27.2 Å². The van der Waals surface area contributed by atoms with Crippen LogP contribution in [0.2, 0.25) is 0 Å². The van der Waals surface area contributed by atoms with Crippen molar-refractivity contribution in [2.24, 2.45) is 0 Å². The lowest BCUT2D eigenvalue weighted by molar-refractivity contribution is 0.0934. The number of nitrogens with zero attached hydrogens (tertiary/aromatic N) is 3. The van der Waals surface area contributed by atoms with E-state index in [-0.39, 0.29) is 18.0 Å². The summed E-state index contributed by atoms with van der Waals surface area (Å²) >= 11 is 0.